The SMILES string of the molecule is Cn1c(=O)n(C)c2cc(C3CNCCO3)ccc21. The van der Waals surface area contributed by atoms with E-state index in [0.717, 1.165) is 36.3 Å². The van der Waals surface area contributed by atoms with E-state index in [1.54, 1.807) is 23.2 Å². The first-order valence-electron chi connectivity index (χ1n) is 6.16. The summed E-state index contributed by atoms with van der Waals surface area (Å²) in [6.07, 6.45) is 0.0819. The van der Waals surface area contributed by atoms with Crippen molar-refractivity contribution in [1.29, 1.82) is 0 Å². The number of rotatable bonds is 1. The van der Waals surface area contributed by atoms with Crippen molar-refractivity contribution in [3.05, 3.63) is 34.2 Å². The molecule has 3 rings (SSSR count). The third kappa shape index (κ3) is 1.67. The molecule has 2 heterocycles. The van der Waals surface area contributed by atoms with Crippen molar-refractivity contribution < 1.29 is 4.74 Å². The van der Waals surface area contributed by atoms with E-state index in [2.05, 4.69) is 11.4 Å². The molecule has 5 nitrogen and oxygen atoms in total. The molecule has 0 amide bonds. The van der Waals surface area contributed by atoms with Crippen molar-refractivity contribution in [2.75, 3.05) is 19.7 Å². The topological polar surface area (TPSA) is 48.2 Å². The molecule has 0 aliphatic carbocycles. The second kappa shape index (κ2) is 4.26. The Kier molecular flexibility index (Phi) is 2.72. The lowest BCUT2D eigenvalue weighted by Gasteiger charge is -2.24. The Morgan fingerprint density at radius 3 is 2.78 bits per heavy atom. The molecular formula is C13H17N3O2. The van der Waals surface area contributed by atoms with Gasteiger partial charge in [-0.15, -0.1) is 0 Å². The Morgan fingerprint density at radius 2 is 2.06 bits per heavy atom. The molecular weight excluding hydrogens is 230 g/mol. The zero-order valence-corrected chi connectivity index (χ0v) is 10.6. The van der Waals surface area contributed by atoms with Crippen molar-refractivity contribution in [2.24, 2.45) is 14.1 Å². The summed E-state index contributed by atoms with van der Waals surface area (Å²) in [4.78, 5) is 11.9. The monoisotopic (exact) mass is 247 g/mol. The van der Waals surface area contributed by atoms with Gasteiger partial charge >= 0.3 is 5.69 Å². The van der Waals surface area contributed by atoms with Crippen molar-refractivity contribution in [2.45, 2.75) is 6.10 Å². The van der Waals surface area contributed by atoms with Crippen molar-refractivity contribution in [3.63, 3.8) is 0 Å². The van der Waals surface area contributed by atoms with Crippen LogP contribution in [0.3, 0.4) is 0 Å². The van der Waals surface area contributed by atoms with Crippen LogP contribution in [0.1, 0.15) is 11.7 Å². The maximum atomic E-state index is 11.9. The van der Waals surface area contributed by atoms with Gasteiger partial charge in [0.15, 0.2) is 0 Å². The summed E-state index contributed by atoms with van der Waals surface area (Å²) in [5.74, 6) is 0. The minimum absolute atomic E-state index is 0.00448. The maximum absolute atomic E-state index is 11.9. The molecule has 0 saturated carbocycles. The molecule has 0 radical (unpaired) electrons. The molecule has 1 N–H and O–H groups in total. The van der Waals surface area contributed by atoms with Crippen LogP contribution in [-0.4, -0.2) is 28.8 Å². The molecule has 96 valence electrons. The summed E-state index contributed by atoms with van der Waals surface area (Å²) >= 11 is 0. The maximum Gasteiger partial charge on any atom is 0.328 e. The molecule has 1 saturated heterocycles. The lowest BCUT2D eigenvalue weighted by molar-refractivity contribution is 0.0277. The molecule has 1 fully saturated rings. The van der Waals surface area contributed by atoms with E-state index in [1.807, 2.05) is 12.1 Å². The van der Waals surface area contributed by atoms with Gasteiger partial charge in [0.1, 0.15) is 0 Å². The number of ether oxygens (including phenoxy) is 1. The summed E-state index contributed by atoms with van der Waals surface area (Å²) in [5.41, 5.74) is 3.03. The Morgan fingerprint density at radius 1 is 1.28 bits per heavy atom. The van der Waals surface area contributed by atoms with E-state index < -0.39 is 0 Å². The number of morpholine rings is 1. The Labute approximate surface area is 105 Å². The number of benzene rings is 1. The van der Waals surface area contributed by atoms with Crippen LogP contribution in [-0.2, 0) is 18.8 Å². The van der Waals surface area contributed by atoms with Crippen LogP contribution in [0, 0.1) is 0 Å². The number of imidazole rings is 1. The Balaban J connectivity index is 2.10. The molecule has 0 bridgehead atoms. The lowest BCUT2D eigenvalue weighted by Crippen LogP contribution is -2.33. The minimum atomic E-state index is 0.00448. The van der Waals surface area contributed by atoms with E-state index in [-0.39, 0.29) is 11.8 Å². The van der Waals surface area contributed by atoms with Crippen molar-refractivity contribution in [1.82, 2.24) is 14.5 Å². The van der Waals surface area contributed by atoms with Gasteiger partial charge in [0.2, 0.25) is 0 Å². The van der Waals surface area contributed by atoms with Crippen LogP contribution in [0.2, 0.25) is 0 Å². The van der Waals surface area contributed by atoms with Gasteiger partial charge in [-0.1, -0.05) is 6.07 Å². The summed E-state index contributed by atoms with van der Waals surface area (Å²) in [6, 6.07) is 6.08. The number of nitrogens with zero attached hydrogens (tertiary/aromatic N) is 2. The Hall–Kier alpha value is -1.59. The standard InChI is InChI=1S/C13H17N3O2/c1-15-10-4-3-9(12-8-14-5-6-18-12)7-11(10)16(2)13(15)17/h3-4,7,12,14H,5-6,8H2,1-2H3. The molecule has 1 aliphatic rings. The van der Waals surface area contributed by atoms with Gasteiger partial charge in [-0.05, 0) is 17.7 Å². The summed E-state index contributed by atoms with van der Waals surface area (Å²) in [5, 5.41) is 3.31. The highest BCUT2D eigenvalue weighted by atomic mass is 16.5. The van der Waals surface area contributed by atoms with E-state index in [0.29, 0.717) is 0 Å². The van der Waals surface area contributed by atoms with E-state index in [1.165, 1.54) is 0 Å². The largest absolute Gasteiger partial charge is 0.371 e. The van der Waals surface area contributed by atoms with Gasteiger partial charge in [0.05, 0.1) is 23.7 Å². The lowest BCUT2D eigenvalue weighted by atomic mass is 10.1. The molecule has 0 spiro atoms. The second-order valence-corrected chi connectivity index (χ2v) is 4.71. The van der Waals surface area contributed by atoms with Crippen LogP contribution >= 0.6 is 0 Å². The predicted molar refractivity (Wildman–Crippen MR) is 69.7 cm³/mol. The number of hydrogen-bond donors (Lipinski definition) is 1. The number of aryl methyl sites for hydroxylation is 2. The predicted octanol–water partition coefficient (Wildman–Crippen LogP) is 0.538. The van der Waals surface area contributed by atoms with Gasteiger partial charge in [-0.3, -0.25) is 9.13 Å². The fourth-order valence-corrected chi connectivity index (χ4v) is 2.50. The normalized spacial score (nSPS) is 20.4. The van der Waals surface area contributed by atoms with E-state index in [4.69, 9.17) is 4.74 Å². The van der Waals surface area contributed by atoms with Gasteiger partial charge < -0.3 is 10.1 Å². The van der Waals surface area contributed by atoms with Gasteiger partial charge in [-0.25, -0.2) is 4.79 Å². The van der Waals surface area contributed by atoms with Gasteiger partial charge in [0.25, 0.3) is 0 Å². The fraction of sp³-hybridized carbons (Fsp3) is 0.462. The Bertz CT molecular complexity index is 635. The van der Waals surface area contributed by atoms with Crippen molar-refractivity contribution in [3.8, 4) is 0 Å². The first kappa shape index (κ1) is 11.5. The summed E-state index contributed by atoms with van der Waals surface area (Å²) in [7, 11) is 3.59. The molecule has 1 aromatic carbocycles. The number of nitrogens with one attached hydrogen (secondary N) is 1. The van der Waals surface area contributed by atoms with Crippen LogP contribution in [0.5, 0.6) is 0 Å². The average molecular weight is 247 g/mol. The highest BCUT2D eigenvalue weighted by Gasteiger charge is 2.17. The van der Waals surface area contributed by atoms with E-state index in [9.17, 15) is 4.79 Å². The third-order valence-corrected chi connectivity index (χ3v) is 3.60. The molecule has 2 aromatic rings. The fourth-order valence-electron chi connectivity index (χ4n) is 2.50. The first-order chi connectivity index (χ1) is 8.68. The zero-order chi connectivity index (χ0) is 12.7. The van der Waals surface area contributed by atoms with Crippen LogP contribution < -0.4 is 11.0 Å². The number of aromatic nitrogens is 2. The summed E-state index contributed by atoms with van der Waals surface area (Å²) in [6.45, 7) is 2.46. The van der Waals surface area contributed by atoms with Crippen LogP contribution in [0.25, 0.3) is 11.0 Å². The quantitative estimate of drug-likeness (QED) is 0.800. The van der Waals surface area contributed by atoms with E-state index >= 15 is 0 Å². The highest BCUT2D eigenvalue weighted by Crippen LogP contribution is 2.22. The zero-order valence-electron chi connectivity index (χ0n) is 10.6. The molecule has 5 heteroatoms. The molecule has 1 unspecified atom stereocenters. The second-order valence-electron chi connectivity index (χ2n) is 4.71. The molecule has 1 atom stereocenters. The molecule has 1 aliphatic heterocycles. The number of fused-ring (bicyclic) bond motifs is 1. The van der Waals surface area contributed by atoms with Crippen LogP contribution in [0.4, 0.5) is 0 Å². The molecule has 1 aromatic heterocycles. The third-order valence-electron chi connectivity index (χ3n) is 3.60. The number of hydrogen-bond acceptors (Lipinski definition) is 3. The van der Waals surface area contributed by atoms with Gasteiger partial charge in [-0.2, -0.15) is 0 Å². The molecule has 18 heavy (non-hydrogen) atoms. The summed E-state index contributed by atoms with van der Waals surface area (Å²) < 4.78 is 9.07. The highest BCUT2D eigenvalue weighted by molar-refractivity contribution is 5.77. The first-order valence-corrected chi connectivity index (χ1v) is 6.16. The average Bonchev–Trinajstić information content (AvgIpc) is 2.65. The van der Waals surface area contributed by atoms with Crippen LogP contribution in [0.15, 0.2) is 23.0 Å². The van der Waals surface area contributed by atoms with Crippen molar-refractivity contribution >= 4 is 11.0 Å². The smallest absolute Gasteiger partial charge is 0.328 e. The minimum Gasteiger partial charge on any atom is -0.371 e. The van der Waals surface area contributed by atoms with Gasteiger partial charge in [0, 0.05) is 27.2 Å².